The number of benzene rings is 1. The summed E-state index contributed by atoms with van der Waals surface area (Å²) in [6.45, 7) is 1.71. The first-order chi connectivity index (χ1) is 8.76. The summed E-state index contributed by atoms with van der Waals surface area (Å²) in [6, 6.07) is 5.96. The molecule has 1 N–H and O–H groups in total. The summed E-state index contributed by atoms with van der Waals surface area (Å²) in [6.07, 6.45) is 2.10. The van der Waals surface area contributed by atoms with E-state index in [2.05, 4.69) is 9.55 Å². The molecule has 0 aliphatic heterocycles. The van der Waals surface area contributed by atoms with Crippen molar-refractivity contribution in [3.05, 3.63) is 23.0 Å². The van der Waals surface area contributed by atoms with E-state index >= 15 is 0 Å². The number of nitrogens with zero attached hydrogens (tertiary/aromatic N) is 1. The minimum Gasteiger partial charge on any atom is -0.497 e. The lowest BCUT2D eigenvalue weighted by Gasteiger charge is -2.05. The molecule has 0 aliphatic rings. The molecule has 0 fully saturated rings. The number of methoxy groups -OCH3 is 2. The van der Waals surface area contributed by atoms with Crippen molar-refractivity contribution >= 4 is 23.3 Å². The van der Waals surface area contributed by atoms with Crippen molar-refractivity contribution in [3.63, 3.8) is 0 Å². The van der Waals surface area contributed by atoms with Gasteiger partial charge in [-0.3, -0.25) is 0 Å². The Morgan fingerprint density at radius 3 is 2.83 bits per heavy atom. The minimum atomic E-state index is 0.760. The van der Waals surface area contributed by atoms with Gasteiger partial charge in [-0.2, -0.15) is 0 Å². The molecule has 1 aromatic carbocycles. The molecule has 0 saturated heterocycles. The SMILES string of the molecule is COCCCCn1c(=S)[nH]c2cc(OC)ccc21. The Bertz CT molecular complexity index is 574. The number of aromatic nitrogens is 2. The number of aromatic amines is 1. The molecule has 0 spiro atoms. The molecule has 0 atom stereocenters. The highest BCUT2D eigenvalue weighted by atomic mass is 32.1. The molecule has 5 heteroatoms. The topological polar surface area (TPSA) is 39.2 Å². The number of fused-ring (bicyclic) bond motifs is 1. The van der Waals surface area contributed by atoms with Gasteiger partial charge >= 0.3 is 0 Å². The van der Waals surface area contributed by atoms with Gasteiger partial charge in [0, 0.05) is 26.3 Å². The fourth-order valence-corrected chi connectivity index (χ4v) is 2.31. The maximum absolute atomic E-state index is 5.35. The van der Waals surface area contributed by atoms with Crippen molar-refractivity contribution in [3.8, 4) is 5.75 Å². The quantitative estimate of drug-likeness (QED) is 0.645. The lowest BCUT2D eigenvalue weighted by molar-refractivity contribution is 0.191. The number of ether oxygens (including phenoxy) is 2. The van der Waals surface area contributed by atoms with Crippen LogP contribution in [0.2, 0.25) is 0 Å². The van der Waals surface area contributed by atoms with E-state index in [0.717, 1.165) is 47.5 Å². The maximum atomic E-state index is 5.35. The van der Waals surface area contributed by atoms with Crippen LogP contribution >= 0.6 is 12.2 Å². The summed E-state index contributed by atoms with van der Waals surface area (Å²) in [5, 5.41) is 0. The van der Waals surface area contributed by atoms with E-state index in [1.807, 2.05) is 18.2 Å². The van der Waals surface area contributed by atoms with E-state index in [-0.39, 0.29) is 0 Å². The molecule has 1 aromatic heterocycles. The van der Waals surface area contributed by atoms with E-state index in [9.17, 15) is 0 Å². The summed E-state index contributed by atoms with van der Waals surface area (Å²) in [5.74, 6) is 0.838. The summed E-state index contributed by atoms with van der Waals surface area (Å²) in [7, 11) is 3.39. The Labute approximate surface area is 112 Å². The van der Waals surface area contributed by atoms with Crippen LogP contribution in [-0.4, -0.2) is 30.4 Å². The van der Waals surface area contributed by atoms with Crippen LogP contribution in [0.3, 0.4) is 0 Å². The van der Waals surface area contributed by atoms with Gasteiger partial charge in [0.1, 0.15) is 5.75 Å². The van der Waals surface area contributed by atoms with Crippen molar-refractivity contribution < 1.29 is 9.47 Å². The lowest BCUT2D eigenvalue weighted by atomic mass is 10.3. The van der Waals surface area contributed by atoms with Gasteiger partial charge < -0.3 is 19.0 Å². The molecule has 0 unspecified atom stereocenters. The number of hydrogen-bond donors (Lipinski definition) is 1. The predicted molar refractivity (Wildman–Crippen MR) is 74.8 cm³/mol. The Morgan fingerprint density at radius 1 is 1.28 bits per heavy atom. The monoisotopic (exact) mass is 266 g/mol. The second-order valence-corrected chi connectivity index (χ2v) is 4.55. The Kier molecular flexibility index (Phi) is 4.38. The normalized spacial score (nSPS) is 11.0. The first-order valence-electron chi connectivity index (χ1n) is 6.01. The fourth-order valence-electron chi connectivity index (χ4n) is 2.01. The van der Waals surface area contributed by atoms with Gasteiger partial charge in [-0.25, -0.2) is 0 Å². The maximum Gasteiger partial charge on any atom is 0.178 e. The number of aryl methyl sites for hydroxylation is 1. The minimum absolute atomic E-state index is 0.760. The molecule has 0 amide bonds. The van der Waals surface area contributed by atoms with Gasteiger partial charge in [0.15, 0.2) is 4.77 Å². The van der Waals surface area contributed by atoms with Crippen molar-refractivity contribution in [1.82, 2.24) is 9.55 Å². The molecule has 2 rings (SSSR count). The molecule has 98 valence electrons. The summed E-state index contributed by atoms with van der Waals surface area (Å²) >= 11 is 5.35. The van der Waals surface area contributed by atoms with Gasteiger partial charge in [-0.15, -0.1) is 0 Å². The van der Waals surface area contributed by atoms with Gasteiger partial charge in [0.25, 0.3) is 0 Å². The second-order valence-electron chi connectivity index (χ2n) is 4.16. The summed E-state index contributed by atoms with van der Waals surface area (Å²) < 4.78 is 13.1. The Balaban J connectivity index is 2.22. The van der Waals surface area contributed by atoms with Crippen molar-refractivity contribution in [1.29, 1.82) is 0 Å². The third kappa shape index (κ3) is 2.73. The number of imidazole rings is 1. The first-order valence-corrected chi connectivity index (χ1v) is 6.42. The predicted octanol–water partition coefficient (Wildman–Crippen LogP) is 3.13. The highest BCUT2D eigenvalue weighted by Crippen LogP contribution is 2.20. The van der Waals surface area contributed by atoms with Gasteiger partial charge in [0.2, 0.25) is 0 Å². The molecule has 2 aromatic rings. The second kappa shape index (κ2) is 6.02. The van der Waals surface area contributed by atoms with E-state index in [0.29, 0.717) is 0 Å². The van der Waals surface area contributed by atoms with E-state index in [1.165, 1.54) is 0 Å². The zero-order valence-corrected chi connectivity index (χ0v) is 11.5. The number of rotatable bonds is 6. The van der Waals surface area contributed by atoms with Crippen molar-refractivity contribution in [2.45, 2.75) is 19.4 Å². The molecule has 1 heterocycles. The fraction of sp³-hybridized carbons (Fsp3) is 0.462. The zero-order chi connectivity index (χ0) is 13.0. The van der Waals surface area contributed by atoms with E-state index in [4.69, 9.17) is 21.7 Å². The number of hydrogen-bond acceptors (Lipinski definition) is 3. The first kappa shape index (κ1) is 13.1. The van der Waals surface area contributed by atoms with Gasteiger partial charge in [-0.05, 0) is 37.2 Å². The largest absolute Gasteiger partial charge is 0.497 e. The molecule has 4 nitrogen and oxygen atoms in total. The van der Waals surface area contributed by atoms with Gasteiger partial charge in [0.05, 0.1) is 18.1 Å². The average Bonchev–Trinajstić information content (AvgIpc) is 2.69. The van der Waals surface area contributed by atoms with Crippen LogP contribution in [0.5, 0.6) is 5.75 Å². The molecule has 18 heavy (non-hydrogen) atoms. The summed E-state index contributed by atoms with van der Waals surface area (Å²) in [5.41, 5.74) is 2.14. The summed E-state index contributed by atoms with van der Waals surface area (Å²) in [4.78, 5) is 3.21. The third-order valence-corrected chi connectivity index (χ3v) is 3.28. The molecule has 0 radical (unpaired) electrons. The number of unbranched alkanes of at least 4 members (excludes halogenated alkanes) is 1. The molecular formula is C13H18N2O2S. The van der Waals surface area contributed by atoms with Crippen LogP contribution in [-0.2, 0) is 11.3 Å². The van der Waals surface area contributed by atoms with Crippen LogP contribution in [0.25, 0.3) is 11.0 Å². The third-order valence-electron chi connectivity index (χ3n) is 2.96. The number of H-pyrrole nitrogens is 1. The van der Waals surface area contributed by atoms with Crippen LogP contribution in [0, 0.1) is 4.77 Å². The highest BCUT2D eigenvalue weighted by molar-refractivity contribution is 7.71. The van der Waals surface area contributed by atoms with Crippen LogP contribution < -0.4 is 4.74 Å². The Morgan fingerprint density at radius 2 is 2.11 bits per heavy atom. The van der Waals surface area contributed by atoms with Crippen molar-refractivity contribution in [2.75, 3.05) is 20.8 Å². The molecular weight excluding hydrogens is 248 g/mol. The number of nitrogens with one attached hydrogen (secondary N) is 1. The smallest absolute Gasteiger partial charge is 0.178 e. The van der Waals surface area contributed by atoms with E-state index < -0.39 is 0 Å². The molecule has 0 saturated carbocycles. The van der Waals surface area contributed by atoms with Crippen LogP contribution in [0.15, 0.2) is 18.2 Å². The zero-order valence-electron chi connectivity index (χ0n) is 10.7. The highest BCUT2D eigenvalue weighted by Gasteiger charge is 2.05. The van der Waals surface area contributed by atoms with Crippen molar-refractivity contribution in [2.24, 2.45) is 0 Å². The van der Waals surface area contributed by atoms with E-state index in [1.54, 1.807) is 14.2 Å². The lowest BCUT2D eigenvalue weighted by Crippen LogP contribution is -1.99. The standard InChI is InChI=1S/C13H18N2O2S/c1-16-8-4-3-7-15-12-6-5-10(17-2)9-11(12)14-13(15)18/h5-6,9H,3-4,7-8H2,1-2H3,(H,14,18). The van der Waals surface area contributed by atoms with Crippen LogP contribution in [0.4, 0.5) is 0 Å². The molecule has 0 aliphatic carbocycles. The van der Waals surface area contributed by atoms with Crippen LogP contribution in [0.1, 0.15) is 12.8 Å². The average molecular weight is 266 g/mol. The van der Waals surface area contributed by atoms with Gasteiger partial charge in [-0.1, -0.05) is 0 Å². The Hall–Kier alpha value is -1.33. The molecule has 0 bridgehead atoms.